The van der Waals surface area contributed by atoms with E-state index in [0.717, 1.165) is 103 Å². The van der Waals surface area contributed by atoms with Gasteiger partial charge in [-0.05, 0) is 96.3 Å². The Morgan fingerprint density at radius 2 is 0.769 bits per heavy atom. The summed E-state index contributed by atoms with van der Waals surface area (Å²) >= 11 is 0. The summed E-state index contributed by atoms with van der Waals surface area (Å²) in [5.41, 5.74) is 0. The highest BCUT2D eigenvalue weighted by Gasteiger charge is 2.47. The lowest BCUT2D eigenvalue weighted by atomic mass is 9.98. The van der Waals surface area contributed by atoms with Gasteiger partial charge in [-0.3, -0.25) is 9.59 Å². The Morgan fingerprint density at radius 1 is 0.410 bits per heavy atom. The minimum Gasteiger partial charge on any atom is -0.462 e. The molecule has 0 aliphatic carbocycles. The van der Waals surface area contributed by atoms with Crippen LogP contribution in [0.2, 0.25) is 0 Å². The molecule has 11 atom stereocenters. The molecule has 0 amide bonds. The molecule has 0 saturated carbocycles. The van der Waals surface area contributed by atoms with Crippen molar-refractivity contribution in [3.05, 3.63) is 109 Å². The number of hydrogen-bond donors (Lipinski definition) is 7. The summed E-state index contributed by atoms with van der Waals surface area (Å²) in [6.45, 7) is 2.32. The second-order valence-electron chi connectivity index (χ2n) is 20.1. The van der Waals surface area contributed by atoms with E-state index in [0.29, 0.717) is 12.8 Å². The van der Waals surface area contributed by atoms with E-state index in [2.05, 4.69) is 123 Å². The van der Waals surface area contributed by atoms with Crippen LogP contribution in [0.4, 0.5) is 0 Å². The van der Waals surface area contributed by atoms with Crippen molar-refractivity contribution in [2.24, 2.45) is 0 Å². The monoisotopic (exact) mass is 1100 g/mol. The summed E-state index contributed by atoms with van der Waals surface area (Å²) in [5.74, 6) is -0.975. The Labute approximate surface area is 468 Å². The molecule has 2 rings (SSSR count). The van der Waals surface area contributed by atoms with Crippen LogP contribution in [0.25, 0.3) is 0 Å². The third kappa shape index (κ3) is 34.3. The van der Waals surface area contributed by atoms with Gasteiger partial charge in [0, 0.05) is 12.8 Å². The van der Waals surface area contributed by atoms with Crippen LogP contribution in [0.1, 0.15) is 181 Å². The second-order valence-corrected chi connectivity index (χ2v) is 20.1. The normalized spacial score (nSPS) is 24.8. The van der Waals surface area contributed by atoms with Crippen molar-refractivity contribution in [2.75, 3.05) is 26.4 Å². The van der Waals surface area contributed by atoms with E-state index >= 15 is 0 Å². The summed E-state index contributed by atoms with van der Waals surface area (Å²) in [6.07, 6.45) is 46.7. The van der Waals surface area contributed by atoms with Gasteiger partial charge in [-0.1, -0.05) is 181 Å². The van der Waals surface area contributed by atoms with E-state index < -0.39 is 99.3 Å². The average molecular weight is 1100 g/mol. The van der Waals surface area contributed by atoms with E-state index in [4.69, 9.17) is 28.4 Å². The molecule has 0 aromatic rings. The molecular weight excluding hydrogens is 997 g/mol. The van der Waals surface area contributed by atoms with Gasteiger partial charge in [-0.15, -0.1) is 0 Å². The van der Waals surface area contributed by atoms with Crippen LogP contribution in [0, 0.1) is 0 Å². The van der Waals surface area contributed by atoms with Crippen LogP contribution in [0.15, 0.2) is 109 Å². The number of rotatable bonds is 45. The number of ether oxygens (including phenoxy) is 6. The highest BCUT2D eigenvalue weighted by Crippen LogP contribution is 2.26. The standard InChI is InChI=1S/C63H102O15/c1-3-5-7-9-11-13-15-17-19-21-23-24-25-26-28-29-31-33-35-37-39-41-43-45-54(65)73-48-51(76-55(66)46-44-42-40-38-36-34-32-30-27-22-20-18-16-14-12-10-8-6-4-2)49-74-62-61(72)59(70)57(68)53(78-62)50-75-63-60(71)58(69)56(67)52(47-64)77-63/h5-8,11-14,17-20,23-24,27,30,34,36,51-53,56-64,67-72H,3-4,9-10,15-16,21-22,25-26,28-29,31-33,35,37-50H2,1-2H3/b7-5-,8-6-,13-11-,14-12-,19-17-,20-18-,24-23-,30-27-,36-34-. The van der Waals surface area contributed by atoms with Crippen molar-refractivity contribution in [1.82, 2.24) is 0 Å². The van der Waals surface area contributed by atoms with E-state index in [-0.39, 0.29) is 19.4 Å². The van der Waals surface area contributed by atoms with Gasteiger partial charge < -0.3 is 64.2 Å². The molecule has 0 bridgehead atoms. The Bertz CT molecular complexity index is 1770. The molecule has 2 heterocycles. The molecule has 0 aromatic carbocycles. The fourth-order valence-corrected chi connectivity index (χ4v) is 8.53. The van der Waals surface area contributed by atoms with Crippen LogP contribution < -0.4 is 0 Å². The Morgan fingerprint density at radius 3 is 1.22 bits per heavy atom. The first-order valence-electron chi connectivity index (χ1n) is 29.5. The van der Waals surface area contributed by atoms with Crippen LogP contribution in [-0.2, 0) is 38.0 Å². The van der Waals surface area contributed by atoms with Crippen LogP contribution in [0.3, 0.4) is 0 Å². The number of carbonyl (C=O) groups excluding carboxylic acids is 2. The highest BCUT2D eigenvalue weighted by molar-refractivity contribution is 5.70. The Balaban J connectivity index is 1.76. The summed E-state index contributed by atoms with van der Waals surface area (Å²) in [7, 11) is 0. The highest BCUT2D eigenvalue weighted by atomic mass is 16.7. The maximum atomic E-state index is 13.1. The smallest absolute Gasteiger partial charge is 0.306 e. The molecule has 2 saturated heterocycles. The number of aliphatic hydroxyl groups is 7. The van der Waals surface area contributed by atoms with Gasteiger partial charge >= 0.3 is 11.9 Å². The third-order valence-corrected chi connectivity index (χ3v) is 13.2. The topological polar surface area (TPSA) is 231 Å². The van der Waals surface area contributed by atoms with Crippen LogP contribution in [-0.4, -0.2) is 142 Å². The number of unbranched alkanes of at least 4 members (excludes halogenated alkanes) is 13. The third-order valence-electron chi connectivity index (χ3n) is 13.2. The first-order chi connectivity index (χ1) is 38.0. The molecule has 444 valence electrons. The number of allylic oxidation sites excluding steroid dienone is 18. The fraction of sp³-hybridized carbons (Fsp3) is 0.683. The maximum Gasteiger partial charge on any atom is 0.306 e. The van der Waals surface area contributed by atoms with E-state index in [9.17, 15) is 45.3 Å². The molecule has 2 fully saturated rings. The zero-order valence-electron chi connectivity index (χ0n) is 47.4. The van der Waals surface area contributed by atoms with E-state index in [1.165, 1.54) is 38.5 Å². The predicted octanol–water partition coefficient (Wildman–Crippen LogP) is 10.3. The fourth-order valence-electron chi connectivity index (χ4n) is 8.53. The van der Waals surface area contributed by atoms with Crippen LogP contribution >= 0.6 is 0 Å². The molecule has 0 aromatic heterocycles. The summed E-state index contributed by atoms with van der Waals surface area (Å²) in [6, 6.07) is 0. The lowest BCUT2D eigenvalue weighted by Gasteiger charge is -2.42. The van der Waals surface area contributed by atoms with Gasteiger partial charge in [0.05, 0.1) is 19.8 Å². The number of aliphatic hydroxyl groups excluding tert-OH is 7. The van der Waals surface area contributed by atoms with Gasteiger partial charge in [0.25, 0.3) is 0 Å². The van der Waals surface area contributed by atoms with Crippen molar-refractivity contribution in [3.63, 3.8) is 0 Å². The molecule has 15 nitrogen and oxygen atoms in total. The van der Waals surface area contributed by atoms with E-state index in [1.54, 1.807) is 0 Å². The molecule has 78 heavy (non-hydrogen) atoms. The minimum absolute atomic E-state index is 0.119. The lowest BCUT2D eigenvalue weighted by molar-refractivity contribution is -0.332. The summed E-state index contributed by atoms with van der Waals surface area (Å²) < 4.78 is 33.7. The minimum atomic E-state index is -1.78. The van der Waals surface area contributed by atoms with Gasteiger partial charge in [0.1, 0.15) is 55.4 Å². The van der Waals surface area contributed by atoms with Gasteiger partial charge in [0.15, 0.2) is 18.7 Å². The molecule has 2 aliphatic heterocycles. The zero-order chi connectivity index (χ0) is 56.7. The van der Waals surface area contributed by atoms with Crippen molar-refractivity contribution in [3.8, 4) is 0 Å². The number of esters is 2. The molecule has 15 heteroatoms. The molecule has 2 aliphatic rings. The molecule has 0 radical (unpaired) electrons. The molecule has 0 spiro atoms. The average Bonchev–Trinajstić information content (AvgIpc) is 3.43. The van der Waals surface area contributed by atoms with Crippen molar-refractivity contribution in [2.45, 2.75) is 248 Å². The van der Waals surface area contributed by atoms with Gasteiger partial charge in [-0.25, -0.2) is 0 Å². The van der Waals surface area contributed by atoms with E-state index in [1.807, 2.05) is 0 Å². The largest absolute Gasteiger partial charge is 0.462 e. The van der Waals surface area contributed by atoms with Crippen LogP contribution in [0.5, 0.6) is 0 Å². The van der Waals surface area contributed by atoms with Gasteiger partial charge in [-0.2, -0.15) is 0 Å². The SMILES string of the molecule is CC/C=C\C/C=C\C/C=C\C/C=C\C/C=C\CCCCCC(=O)OC(COC(=O)CCCCCCCCCCCC/C=C\C/C=C\C/C=C\C/C=C\CC)COC1OC(COC2OC(CO)C(O)C(O)C2O)C(O)C(O)C1O. The van der Waals surface area contributed by atoms with Gasteiger partial charge in [0.2, 0.25) is 0 Å². The first kappa shape index (κ1) is 70.3. The zero-order valence-corrected chi connectivity index (χ0v) is 47.4. The van der Waals surface area contributed by atoms with Crippen molar-refractivity contribution < 1.29 is 73.8 Å². The van der Waals surface area contributed by atoms with Crippen molar-refractivity contribution in [1.29, 1.82) is 0 Å². The molecular formula is C63H102O15. The Hall–Kier alpha value is -3.84. The predicted molar refractivity (Wildman–Crippen MR) is 307 cm³/mol. The summed E-state index contributed by atoms with van der Waals surface area (Å²) in [5, 5.41) is 72.3. The quantitative estimate of drug-likeness (QED) is 0.0171. The second kappa shape index (κ2) is 47.9. The maximum absolute atomic E-state index is 13.1. The molecule has 7 N–H and O–H groups in total. The number of carbonyl (C=O) groups is 2. The molecule has 11 unspecified atom stereocenters. The van der Waals surface area contributed by atoms with Crippen molar-refractivity contribution >= 4 is 11.9 Å². The first-order valence-corrected chi connectivity index (χ1v) is 29.5. The summed E-state index contributed by atoms with van der Waals surface area (Å²) in [4.78, 5) is 25.9. The number of hydrogen-bond acceptors (Lipinski definition) is 15. The Kier molecular flexibility index (Phi) is 43.2. The lowest BCUT2D eigenvalue weighted by Crippen LogP contribution is -2.61.